The summed E-state index contributed by atoms with van der Waals surface area (Å²) >= 11 is 0. The summed E-state index contributed by atoms with van der Waals surface area (Å²) in [5, 5.41) is 0. The van der Waals surface area contributed by atoms with Crippen molar-refractivity contribution in [3.63, 3.8) is 0 Å². The zero-order valence-corrected chi connectivity index (χ0v) is 15.9. The first kappa shape index (κ1) is 21.0. The number of ketones is 1. The van der Waals surface area contributed by atoms with Crippen LogP contribution in [-0.4, -0.2) is 60.6 Å². The molecule has 3 rings (SSSR count). The van der Waals surface area contributed by atoms with Crippen LogP contribution in [0.4, 0.5) is 8.78 Å². The predicted molar refractivity (Wildman–Crippen MR) is 91.0 cm³/mol. The van der Waals surface area contributed by atoms with E-state index in [-0.39, 0.29) is 24.9 Å². The Morgan fingerprint density at radius 1 is 1.04 bits per heavy atom. The lowest BCUT2D eigenvalue weighted by Gasteiger charge is -2.32. The van der Waals surface area contributed by atoms with Crippen LogP contribution < -0.4 is 0 Å². The van der Waals surface area contributed by atoms with E-state index in [4.69, 9.17) is 0 Å². The highest BCUT2D eigenvalue weighted by Crippen LogP contribution is 2.70. The zero-order valence-electron chi connectivity index (χ0n) is 15.9. The summed E-state index contributed by atoms with van der Waals surface area (Å²) in [4.78, 5) is 27.7. The van der Waals surface area contributed by atoms with E-state index in [1.807, 2.05) is 34.7 Å². The summed E-state index contributed by atoms with van der Waals surface area (Å²) in [5.74, 6) is -4.46. The number of likely N-dealkylation sites (tertiary alicyclic amines) is 2. The predicted octanol–water partition coefficient (Wildman–Crippen LogP) is 3.06. The van der Waals surface area contributed by atoms with E-state index in [1.165, 1.54) is 11.8 Å². The Labute approximate surface area is 144 Å². The van der Waals surface area contributed by atoms with Crippen molar-refractivity contribution in [2.75, 3.05) is 33.2 Å². The van der Waals surface area contributed by atoms with Gasteiger partial charge in [0.2, 0.25) is 5.91 Å². The molecule has 1 aliphatic carbocycles. The van der Waals surface area contributed by atoms with E-state index in [1.54, 1.807) is 0 Å². The van der Waals surface area contributed by atoms with Gasteiger partial charge in [-0.2, -0.15) is 0 Å². The average molecular weight is 346 g/mol. The molecule has 0 aromatic carbocycles. The third-order valence-corrected chi connectivity index (χ3v) is 5.39. The Kier molecular flexibility index (Phi) is 6.91. The van der Waals surface area contributed by atoms with Gasteiger partial charge in [0, 0.05) is 19.0 Å². The number of Topliss-reactive ketones (excluding diaryl/α,β-unsaturated/α-hetero) is 1. The van der Waals surface area contributed by atoms with Crippen LogP contribution in [0, 0.1) is 17.3 Å². The van der Waals surface area contributed by atoms with Crippen molar-refractivity contribution in [2.45, 2.75) is 53.4 Å². The largest absolute Gasteiger partial charge is 0.341 e. The number of halogens is 2. The van der Waals surface area contributed by atoms with Gasteiger partial charge in [0.15, 0.2) is 0 Å². The van der Waals surface area contributed by atoms with Crippen molar-refractivity contribution < 1.29 is 18.4 Å². The van der Waals surface area contributed by atoms with Gasteiger partial charge in [-0.1, -0.05) is 27.7 Å². The summed E-state index contributed by atoms with van der Waals surface area (Å²) in [5.41, 5.74) is -1.58. The highest BCUT2D eigenvalue weighted by molar-refractivity contribution is 5.91. The summed E-state index contributed by atoms with van der Waals surface area (Å²) in [6.45, 7) is 10.9. The molecule has 2 aliphatic heterocycles. The van der Waals surface area contributed by atoms with Crippen molar-refractivity contribution in [1.82, 2.24) is 9.80 Å². The van der Waals surface area contributed by atoms with Crippen LogP contribution in [0.15, 0.2) is 0 Å². The molecule has 0 bridgehead atoms. The second kappa shape index (κ2) is 7.89. The van der Waals surface area contributed by atoms with Crippen molar-refractivity contribution in [3.8, 4) is 0 Å². The summed E-state index contributed by atoms with van der Waals surface area (Å²) in [6.07, 6.45) is 1.56. The van der Waals surface area contributed by atoms with Crippen molar-refractivity contribution in [3.05, 3.63) is 0 Å². The van der Waals surface area contributed by atoms with E-state index >= 15 is 0 Å². The Morgan fingerprint density at radius 2 is 1.54 bits per heavy atom. The summed E-state index contributed by atoms with van der Waals surface area (Å²) < 4.78 is 27.4. The number of rotatable bonds is 2. The van der Waals surface area contributed by atoms with Gasteiger partial charge in [-0.15, -0.1) is 0 Å². The van der Waals surface area contributed by atoms with Gasteiger partial charge < -0.3 is 9.80 Å². The number of piperidine rings is 2. The Morgan fingerprint density at radius 3 is 1.96 bits per heavy atom. The highest BCUT2D eigenvalue weighted by atomic mass is 19.3. The average Bonchev–Trinajstić information content (AvgIpc) is 2.92. The highest BCUT2D eigenvalue weighted by Gasteiger charge is 2.86. The van der Waals surface area contributed by atoms with Gasteiger partial charge in [0.05, 0.1) is 5.92 Å². The number of carbonyl (C=O) groups excluding carboxylic acids is 2. The molecule has 4 nitrogen and oxygen atoms in total. The SMILES string of the molecule is CC.CC.CC(=O)C12CN(C(=O)C3CCN(C)CC3)CC1C2(F)F. The molecule has 0 N–H and O–H groups in total. The third kappa shape index (κ3) is 3.22. The maximum Gasteiger partial charge on any atom is 0.268 e. The molecule has 1 amide bonds. The molecule has 0 spiro atoms. The van der Waals surface area contributed by atoms with Gasteiger partial charge in [0.1, 0.15) is 11.2 Å². The zero-order chi connectivity index (χ0) is 18.7. The van der Waals surface area contributed by atoms with Crippen LogP contribution in [0.5, 0.6) is 0 Å². The van der Waals surface area contributed by atoms with Crippen molar-refractivity contribution >= 4 is 11.7 Å². The van der Waals surface area contributed by atoms with Gasteiger partial charge in [-0.05, 0) is 39.9 Å². The smallest absolute Gasteiger partial charge is 0.268 e. The van der Waals surface area contributed by atoms with Crippen LogP contribution in [0.1, 0.15) is 47.5 Å². The Bertz CT molecular complexity index is 462. The molecule has 1 saturated carbocycles. The quantitative estimate of drug-likeness (QED) is 0.771. The number of alkyl halides is 2. The molecule has 3 aliphatic rings. The normalized spacial score (nSPS) is 31.2. The molecule has 3 fully saturated rings. The minimum Gasteiger partial charge on any atom is -0.341 e. The van der Waals surface area contributed by atoms with Gasteiger partial charge in [0.25, 0.3) is 5.92 Å². The number of fused-ring (bicyclic) bond motifs is 1. The standard InChI is InChI=1S/C14H20F2N2O2.2C2H6/c1-9(19)13-8-18(7-11(13)14(13,15)16)12(20)10-3-5-17(2)6-4-10;2*1-2/h10-11H,3-8H2,1-2H3;2*1-2H3. The molecule has 0 radical (unpaired) electrons. The monoisotopic (exact) mass is 346 g/mol. The van der Waals surface area contributed by atoms with E-state index in [9.17, 15) is 18.4 Å². The minimum atomic E-state index is -2.91. The van der Waals surface area contributed by atoms with Crippen LogP contribution >= 0.6 is 0 Å². The number of hydrogen-bond donors (Lipinski definition) is 0. The second-order valence-electron chi connectivity index (χ2n) is 6.50. The first-order valence-corrected chi connectivity index (χ1v) is 9.17. The Hall–Kier alpha value is -1.04. The second-order valence-corrected chi connectivity index (χ2v) is 6.50. The summed E-state index contributed by atoms with van der Waals surface area (Å²) in [6, 6.07) is 0. The van der Waals surface area contributed by atoms with Crippen molar-refractivity contribution in [2.24, 2.45) is 17.3 Å². The van der Waals surface area contributed by atoms with Gasteiger partial charge >= 0.3 is 0 Å². The van der Waals surface area contributed by atoms with Crippen LogP contribution in [0.3, 0.4) is 0 Å². The van der Waals surface area contributed by atoms with E-state index in [0.29, 0.717) is 0 Å². The molecule has 2 unspecified atom stereocenters. The fourth-order valence-corrected chi connectivity index (χ4v) is 3.88. The third-order valence-electron chi connectivity index (χ3n) is 5.39. The maximum absolute atomic E-state index is 13.7. The van der Waals surface area contributed by atoms with Gasteiger partial charge in [-0.25, -0.2) is 8.78 Å². The number of nitrogens with zero attached hydrogens (tertiary/aromatic N) is 2. The van der Waals surface area contributed by atoms with E-state index in [0.717, 1.165) is 25.9 Å². The van der Waals surface area contributed by atoms with Crippen molar-refractivity contribution in [1.29, 1.82) is 0 Å². The lowest BCUT2D eigenvalue weighted by molar-refractivity contribution is -0.139. The molecule has 6 heteroatoms. The Balaban J connectivity index is 0.000000671. The lowest BCUT2D eigenvalue weighted by Crippen LogP contribution is -2.44. The minimum absolute atomic E-state index is 0.0394. The fraction of sp³-hybridized carbons (Fsp3) is 0.889. The van der Waals surface area contributed by atoms with Crippen LogP contribution in [0.2, 0.25) is 0 Å². The first-order chi connectivity index (χ1) is 11.3. The van der Waals surface area contributed by atoms with E-state index in [2.05, 4.69) is 4.90 Å². The summed E-state index contributed by atoms with van der Waals surface area (Å²) in [7, 11) is 2.01. The molecular weight excluding hydrogens is 314 g/mol. The van der Waals surface area contributed by atoms with Gasteiger partial charge in [-0.3, -0.25) is 9.59 Å². The molecule has 0 aromatic rings. The molecule has 140 valence electrons. The molecule has 2 saturated heterocycles. The number of carbonyl (C=O) groups is 2. The molecule has 2 heterocycles. The molecular formula is C18H32F2N2O2. The molecule has 24 heavy (non-hydrogen) atoms. The topological polar surface area (TPSA) is 40.6 Å². The first-order valence-electron chi connectivity index (χ1n) is 9.17. The fourth-order valence-electron chi connectivity index (χ4n) is 3.88. The lowest BCUT2D eigenvalue weighted by atomic mass is 9.95. The number of hydrogen-bond acceptors (Lipinski definition) is 3. The maximum atomic E-state index is 13.7. The molecule has 2 atom stereocenters. The number of amides is 1. The molecule has 0 aromatic heterocycles. The van der Waals surface area contributed by atoms with Crippen LogP contribution in [0.25, 0.3) is 0 Å². The van der Waals surface area contributed by atoms with Crippen LogP contribution in [-0.2, 0) is 9.59 Å². The van der Waals surface area contributed by atoms with E-state index < -0.39 is 23.0 Å².